The van der Waals surface area contributed by atoms with Gasteiger partial charge < -0.3 is 20.3 Å². The van der Waals surface area contributed by atoms with E-state index in [9.17, 15) is 4.79 Å². The number of methoxy groups -OCH3 is 1. The summed E-state index contributed by atoms with van der Waals surface area (Å²) in [4.78, 5) is 19.7. The highest BCUT2D eigenvalue weighted by molar-refractivity contribution is 9.10. The number of benzene rings is 2. The lowest BCUT2D eigenvalue weighted by atomic mass is 9.91. The molecule has 1 amide bonds. The van der Waals surface area contributed by atoms with Crippen molar-refractivity contribution in [2.45, 2.75) is 37.8 Å². The fourth-order valence-corrected chi connectivity index (χ4v) is 4.69. The van der Waals surface area contributed by atoms with Crippen LogP contribution < -0.4 is 20.3 Å². The lowest BCUT2D eigenvalue weighted by Crippen LogP contribution is -2.40. The number of hydrogen-bond donors (Lipinski definition) is 2. The summed E-state index contributed by atoms with van der Waals surface area (Å²) in [6.45, 7) is 0. The normalized spacial score (nSPS) is 18.2. The molecule has 1 aliphatic rings. The van der Waals surface area contributed by atoms with E-state index in [4.69, 9.17) is 9.72 Å². The number of halogens is 1. The van der Waals surface area contributed by atoms with Gasteiger partial charge in [0.25, 0.3) is 5.91 Å². The molecule has 0 saturated heterocycles. The number of amides is 1. The lowest BCUT2D eigenvalue weighted by Gasteiger charge is -2.30. The largest absolute Gasteiger partial charge is 0.497 e. The van der Waals surface area contributed by atoms with Crippen LogP contribution in [0, 0.1) is 0 Å². The number of fused-ring (bicyclic) bond motifs is 1. The number of rotatable bonds is 6. The first-order chi connectivity index (χ1) is 15.4. The Morgan fingerprint density at radius 2 is 1.78 bits per heavy atom. The van der Waals surface area contributed by atoms with E-state index in [1.54, 1.807) is 13.2 Å². The molecule has 0 radical (unpaired) electrons. The van der Waals surface area contributed by atoms with Crippen LogP contribution in [-0.2, 0) is 0 Å². The smallest absolute Gasteiger partial charge is 0.252 e. The molecule has 6 nitrogen and oxygen atoms in total. The maximum Gasteiger partial charge on any atom is 0.252 e. The Kier molecular flexibility index (Phi) is 6.84. The first kappa shape index (κ1) is 22.4. The number of carbonyl (C=O) groups is 1. The number of carbonyl (C=O) groups excluding carboxylic acids is 1. The van der Waals surface area contributed by atoms with Gasteiger partial charge in [0.2, 0.25) is 0 Å². The van der Waals surface area contributed by atoms with Crippen molar-refractivity contribution in [3.8, 4) is 5.75 Å². The number of pyridine rings is 1. The molecule has 1 aliphatic carbocycles. The molecule has 1 saturated carbocycles. The van der Waals surface area contributed by atoms with Crippen LogP contribution in [0.3, 0.4) is 0 Å². The standard InChI is InChI=1S/C25H29BrN4O2/c1-30(2)23-15-24(29-22-7-5-4-6-19(22)23)27-16-8-10-17(11-9-16)28-25(31)20-14-18(32-3)12-13-21(20)26/h4-7,12-17H,8-11H2,1-3H3,(H,27,29)(H,28,31). The van der Waals surface area contributed by atoms with Gasteiger partial charge in [0, 0.05) is 47.8 Å². The molecule has 2 aromatic carbocycles. The monoisotopic (exact) mass is 496 g/mol. The third-order valence-corrected chi connectivity index (χ3v) is 6.70. The van der Waals surface area contributed by atoms with Crippen molar-refractivity contribution in [3.05, 3.63) is 58.6 Å². The van der Waals surface area contributed by atoms with Crippen molar-refractivity contribution in [1.82, 2.24) is 10.3 Å². The maximum atomic E-state index is 12.8. The third-order valence-electron chi connectivity index (χ3n) is 6.01. The van der Waals surface area contributed by atoms with Gasteiger partial charge >= 0.3 is 0 Å². The molecule has 1 fully saturated rings. The van der Waals surface area contributed by atoms with E-state index >= 15 is 0 Å². The van der Waals surface area contributed by atoms with E-state index < -0.39 is 0 Å². The van der Waals surface area contributed by atoms with Crippen molar-refractivity contribution in [2.75, 3.05) is 31.4 Å². The average molecular weight is 497 g/mol. The molecule has 7 heteroatoms. The van der Waals surface area contributed by atoms with E-state index in [1.807, 2.05) is 24.3 Å². The summed E-state index contributed by atoms with van der Waals surface area (Å²) < 4.78 is 6.02. The molecule has 1 aromatic heterocycles. The first-order valence-corrected chi connectivity index (χ1v) is 11.7. The number of aromatic nitrogens is 1. The van der Waals surface area contributed by atoms with Gasteiger partial charge in [-0.15, -0.1) is 0 Å². The minimum Gasteiger partial charge on any atom is -0.497 e. The molecule has 0 spiro atoms. The minimum absolute atomic E-state index is 0.0704. The number of ether oxygens (including phenoxy) is 1. The average Bonchev–Trinajstić information content (AvgIpc) is 2.80. The maximum absolute atomic E-state index is 12.8. The van der Waals surface area contributed by atoms with E-state index in [0.29, 0.717) is 17.4 Å². The number of anilines is 2. The van der Waals surface area contributed by atoms with E-state index in [1.165, 1.54) is 0 Å². The van der Waals surface area contributed by atoms with Gasteiger partial charge in [0.1, 0.15) is 11.6 Å². The molecule has 0 aliphatic heterocycles. The molecule has 168 valence electrons. The zero-order valence-corrected chi connectivity index (χ0v) is 20.3. The molecule has 2 N–H and O–H groups in total. The Morgan fingerprint density at radius 3 is 2.50 bits per heavy atom. The van der Waals surface area contributed by atoms with Crippen LogP contribution in [0.4, 0.5) is 11.5 Å². The fourth-order valence-electron chi connectivity index (χ4n) is 4.26. The van der Waals surface area contributed by atoms with Crippen LogP contribution in [0.2, 0.25) is 0 Å². The Labute approximate surface area is 197 Å². The van der Waals surface area contributed by atoms with E-state index in [2.05, 4.69) is 63.8 Å². The summed E-state index contributed by atoms with van der Waals surface area (Å²) in [6.07, 6.45) is 3.82. The number of nitrogens with one attached hydrogen (secondary N) is 2. The summed E-state index contributed by atoms with van der Waals surface area (Å²) in [7, 11) is 5.71. The molecule has 0 unspecified atom stereocenters. The topological polar surface area (TPSA) is 66.5 Å². The van der Waals surface area contributed by atoms with Crippen molar-refractivity contribution in [2.24, 2.45) is 0 Å². The predicted octanol–water partition coefficient (Wildman–Crippen LogP) is 5.23. The van der Waals surface area contributed by atoms with Crippen molar-refractivity contribution >= 4 is 44.2 Å². The Balaban J connectivity index is 1.38. The molecule has 0 bridgehead atoms. The van der Waals surface area contributed by atoms with Gasteiger partial charge in [-0.1, -0.05) is 18.2 Å². The summed E-state index contributed by atoms with van der Waals surface area (Å²) in [5, 5.41) is 7.96. The van der Waals surface area contributed by atoms with Crippen molar-refractivity contribution in [3.63, 3.8) is 0 Å². The molecule has 32 heavy (non-hydrogen) atoms. The molecule has 3 aromatic rings. The van der Waals surface area contributed by atoms with Crippen LogP contribution in [0.1, 0.15) is 36.0 Å². The van der Waals surface area contributed by atoms with Crippen LogP contribution in [0.5, 0.6) is 5.75 Å². The number of para-hydroxylation sites is 1. The molecule has 4 rings (SSSR count). The van der Waals surface area contributed by atoms with Gasteiger partial charge in [-0.25, -0.2) is 4.98 Å². The quantitative estimate of drug-likeness (QED) is 0.489. The Hall–Kier alpha value is -2.80. The van der Waals surface area contributed by atoms with Gasteiger partial charge in [-0.3, -0.25) is 4.79 Å². The zero-order chi connectivity index (χ0) is 22.7. The predicted molar refractivity (Wildman–Crippen MR) is 134 cm³/mol. The van der Waals surface area contributed by atoms with Gasteiger partial charge in [0.05, 0.1) is 18.2 Å². The lowest BCUT2D eigenvalue weighted by molar-refractivity contribution is 0.0925. The fraction of sp³-hybridized carbons (Fsp3) is 0.360. The minimum atomic E-state index is -0.0704. The Morgan fingerprint density at radius 1 is 1.06 bits per heavy atom. The third kappa shape index (κ3) is 4.99. The molecular weight excluding hydrogens is 468 g/mol. The van der Waals surface area contributed by atoms with Crippen molar-refractivity contribution < 1.29 is 9.53 Å². The summed E-state index contributed by atoms with van der Waals surface area (Å²) in [6, 6.07) is 16.3. The van der Waals surface area contributed by atoms with Gasteiger partial charge in [0.15, 0.2) is 0 Å². The summed E-state index contributed by atoms with van der Waals surface area (Å²) in [5.41, 5.74) is 2.75. The van der Waals surface area contributed by atoms with Gasteiger partial charge in [-0.2, -0.15) is 0 Å². The van der Waals surface area contributed by atoms with E-state index in [0.717, 1.165) is 52.6 Å². The second-order valence-corrected chi connectivity index (χ2v) is 9.30. The van der Waals surface area contributed by atoms with E-state index in [-0.39, 0.29) is 11.9 Å². The zero-order valence-electron chi connectivity index (χ0n) is 18.7. The van der Waals surface area contributed by atoms with Crippen LogP contribution in [0.25, 0.3) is 10.9 Å². The molecule has 0 atom stereocenters. The van der Waals surface area contributed by atoms with Crippen LogP contribution >= 0.6 is 15.9 Å². The summed E-state index contributed by atoms with van der Waals surface area (Å²) in [5.74, 6) is 1.51. The number of nitrogens with zero attached hydrogens (tertiary/aromatic N) is 2. The van der Waals surface area contributed by atoms with Gasteiger partial charge in [-0.05, 0) is 65.9 Å². The highest BCUT2D eigenvalue weighted by Crippen LogP contribution is 2.29. The molecule has 1 heterocycles. The van der Waals surface area contributed by atoms with Crippen LogP contribution in [-0.4, -0.2) is 44.2 Å². The first-order valence-electron chi connectivity index (χ1n) is 10.9. The van der Waals surface area contributed by atoms with Crippen molar-refractivity contribution in [1.29, 1.82) is 0 Å². The Bertz CT molecular complexity index is 1110. The number of hydrogen-bond acceptors (Lipinski definition) is 5. The highest BCUT2D eigenvalue weighted by Gasteiger charge is 2.24. The highest BCUT2D eigenvalue weighted by atomic mass is 79.9. The summed E-state index contributed by atoms with van der Waals surface area (Å²) >= 11 is 3.47. The molecular formula is C25H29BrN4O2. The second kappa shape index (κ2) is 9.77. The second-order valence-electron chi connectivity index (χ2n) is 8.45. The SMILES string of the molecule is COc1ccc(Br)c(C(=O)NC2CCC(Nc3cc(N(C)C)c4ccccc4n3)CC2)c1. The van der Waals surface area contributed by atoms with Crippen LogP contribution in [0.15, 0.2) is 53.0 Å².